The molecule has 1 aliphatic rings. The molecule has 1 saturated heterocycles. The number of fused-ring (bicyclic) bond motifs is 1. The van der Waals surface area contributed by atoms with Gasteiger partial charge in [0, 0.05) is 30.2 Å². The van der Waals surface area contributed by atoms with E-state index in [1.54, 1.807) is 23.8 Å². The summed E-state index contributed by atoms with van der Waals surface area (Å²) in [4.78, 5) is 24.3. The van der Waals surface area contributed by atoms with Crippen LogP contribution in [0.25, 0.3) is 10.9 Å². The van der Waals surface area contributed by atoms with Crippen LogP contribution in [0.3, 0.4) is 0 Å². The molecule has 24 heavy (non-hydrogen) atoms. The van der Waals surface area contributed by atoms with Gasteiger partial charge in [-0.3, -0.25) is 14.2 Å². The fraction of sp³-hybridized carbons (Fsp3) is 0.444. The van der Waals surface area contributed by atoms with Gasteiger partial charge in [-0.05, 0) is 43.5 Å². The highest BCUT2D eigenvalue weighted by Gasteiger charge is 2.27. The van der Waals surface area contributed by atoms with Crippen molar-refractivity contribution in [3.8, 4) is 5.75 Å². The SMILES string of the molecule is COc1ccc2c(c1)c(CC(=O)O)c(C)n2C(=O)C1CCOCC1. The van der Waals surface area contributed by atoms with Gasteiger partial charge in [0.1, 0.15) is 5.75 Å². The van der Waals surface area contributed by atoms with Gasteiger partial charge in [0.25, 0.3) is 0 Å². The number of hydrogen-bond donors (Lipinski definition) is 1. The van der Waals surface area contributed by atoms with E-state index in [2.05, 4.69) is 0 Å². The van der Waals surface area contributed by atoms with Crippen molar-refractivity contribution < 1.29 is 24.2 Å². The van der Waals surface area contributed by atoms with Gasteiger partial charge in [0.05, 0.1) is 19.0 Å². The first-order valence-electron chi connectivity index (χ1n) is 8.04. The standard InChI is InChI=1S/C18H21NO5/c1-11-14(10-17(20)21)15-9-13(23-2)3-4-16(15)19(11)18(22)12-5-7-24-8-6-12/h3-4,9,12H,5-8,10H2,1-2H3,(H,20,21). The Morgan fingerprint density at radius 1 is 1.33 bits per heavy atom. The molecule has 2 heterocycles. The van der Waals surface area contributed by atoms with Crippen LogP contribution < -0.4 is 4.74 Å². The van der Waals surface area contributed by atoms with Gasteiger partial charge in [-0.15, -0.1) is 0 Å². The van der Waals surface area contributed by atoms with Crippen molar-refractivity contribution in [3.63, 3.8) is 0 Å². The maximum Gasteiger partial charge on any atom is 0.307 e. The molecule has 1 aromatic carbocycles. The number of methoxy groups -OCH3 is 1. The number of benzene rings is 1. The average Bonchev–Trinajstić information content (AvgIpc) is 2.86. The number of hydrogen-bond acceptors (Lipinski definition) is 4. The molecule has 2 aromatic rings. The van der Waals surface area contributed by atoms with Gasteiger partial charge in [0.2, 0.25) is 5.91 Å². The van der Waals surface area contributed by atoms with Crippen LogP contribution in [-0.4, -0.2) is 41.9 Å². The molecule has 0 saturated carbocycles. The van der Waals surface area contributed by atoms with Crippen LogP contribution in [0.15, 0.2) is 18.2 Å². The molecule has 1 aromatic heterocycles. The molecule has 1 fully saturated rings. The van der Waals surface area contributed by atoms with Crippen LogP contribution in [0.4, 0.5) is 0 Å². The van der Waals surface area contributed by atoms with E-state index in [-0.39, 0.29) is 18.2 Å². The third-order valence-corrected chi connectivity index (χ3v) is 4.66. The molecule has 1 aliphatic heterocycles. The fourth-order valence-electron chi connectivity index (χ4n) is 3.37. The van der Waals surface area contributed by atoms with Crippen molar-refractivity contribution in [1.29, 1.82) is 0 Å². The van der Waals surface area contributed by atoms with E-state index in [0.717, 1.165) is 10.9 Å². The van der Waals surface area contributed by atoms with E-state index in [4.69, 9.17) is 9.47 Å². The lowest BCUT2D eigenvalue weighted by Gasteiger charge is -2.22. The third kappa shape index (κ3) is 2.89. The normalized spacial score (nSPS) is 15.6. The largest absolute Gasteiger partial charge is 0.497 e. The molecule has 0 aliphatic carbocycles. The Balaban J connectivity index is 2.14. The van der Waals surface area contributed by atoms with Gasteiger partial charge in [0.15, 0.2) is 0 Å². The Bertz CT molecular complexity index is 786. The van der Waals surface area contributed by atoms with E-state index in [1.165, 1.54) is 0 Å². The summed E-state index contributed by atoms with van der Waals surface area (Å²) >= 11 is 0. The van der Waals surface area contributed by atoms with Crippen molar-refractivity contribution >= 4 is 22.8 Å². The molecule has 0 unspecified atom stereocenters. The number of carboxylic acids is 1. The molecule has 128 valence electrons. The van der Waals surface area contributed by atoms with E-state index in [1.807, 2.05) is 13.0 Å². The van der Waals surface area contributed by atoms with E-state index in [9.17, 15) is 14.7 Å². The summed E-state index contributed by atoms with van der Waals surface area (Å²) < 4.78 is 12.3. The molecule has 0 spiro atoms. The van der Waals surface area contributed by atoms with Crippen LogP contribution in [-0.2, 0) is 16.0 Å². The Hall–Kier alpha value is -2.34. The average molecular weight is 331 g/mol. The number of nitrogens with zero attached hydrogens (tertiary/aromatic N) is 1. The maximum atomic E-state index is 13.0. The van der Waals surface area contributed by atoms with Crippen LogP contribution in [0.2, 0.25) is 0 Å². The molecule has 0 atom stereocenters. The summed E-state index contributed by atoms with van der Waals surface area (Å²) in [5, 5.41) is 9.99. The predicted molar refractivity (Wildman–Crippen MR) is 88.7 cm³/mol. The van der Waals surface area contributed by atoms with Gasteiger partial charge >= 0.3 is 5.97 Å². The van der Waals surface area contributed by atoms with Crippen molar-refractivity contribution in [3.05, 3.63) is 29.5 Å². The Morgan fingerprint density at radius 2 is 2.04 bits per heavy atom. The number of carbonyl (C=O) groups excluding carboxylic acids is 1. The highest BCUT2D eigenvalue weighted by atomic mass is 16.5. The predicted octanol–water partition coefficient (Wildman–Crippen LogP) is 2.65. The lowest BCUT2D eigenvalue weighted by molar-refractivity contribution is -0.136. The Kier molecular flexibility index (Phi) is 4.57. The topological polar surface area (TPSA) is 77.8 Å². The molecule has 1 N–H and O–H groups in total. The molecule has 0 amide bonds. The quantitative estimate of drug-likeness (QED) is 0.932. The van der Waals surface area contributed by atoms with Crippen molar-refractivity contribution in [2.24, 2.45) is 5.92 Å². The van der Waals surface area contributed by atoms with Crippen LogP contribution in [0.1, 0.15) is 28.9 Å². The lowest BCUT2D eigenvalue weighted by atomic mass is 9.99. The third-order valence-electron chi connectivity index (χ3n) is 4.66. The Labute approximate surface area is 140 Å². The highest BCUT2D eigenvalue weighted by molar-refractivity contribution is 5.98. The summed E-state index contributed by atoms with van der Waals surface area (Å²) in [5.74, 6) is -0.348. The van der Waals surface area contributed by atoms with Crippen molar-refractivity contribution in [2.75, 3.05) is 20.3 Å². The summed E-state index contributed by atoms with van der Waals surface area (Å²) in [7, 11) is 1.56. The number of aliphatic carboxylic acids is 1. The fourth-order valence-corrected chi connectivity index (χ4v) is 3.37. The number of ether oxygens (including phenoxy) is 2. The molecule has 6 nitrogen and oxygen atoms in total. The van der Waals surface area contributed by atoms with Crippen molar-refractivity contribution in [1.82, 2.24) is 4.57 Å². The van der Waals surface area contributed by atoms with Crippen molar-refractivity contribution in [2.45, 2.75) is 26.2 Å². The molecule has 3 rings (SSSR count). The number of carboxylic acid groups (broad SMARTS) is 1. The summed E-state index contributed by atoms with van der Waals surface area (Å²) in [5.41, 5.74) is 2.09. The number of aromatic nitrogens is 1. The number of rotatable bonds is 4. The second kappa shape index (κ2) is 6.65. The second-order valence-electron chi connectivity index (χ2n) is 6.08. The van der Waals surface area contributed by atoms with Crippen LogP contribution in [0.5, 0.6) is 5.75 Å². The molecule has 0 bridgehead atoms. The molecule has 6 heteroatoms. The molecular weight excluding hydrogens is 310 g/mol. The first-order chi connectivity index (χ1) is 11.5. The van der Waals surface area contributed by atoms with Gasteiger partial charge in [-0.2, -0.15) is 0 Å². The molecular formula is C18H21NO5. The minimum atomic E-state index is -0.918. The Morgan fingerprint density at radius 3 is 2.67 bits per heavy atom. The van der Waals surface area contributed by atoms with E-state index < -0.39 is 5.97 Å². The zero-order valence-corrected chi connectivity index (χ0v) is 13.9. The molecule has 0 radical (unpaired) electrons. The van der Waals surface area contributed by atoms with Gasteiger partial charge in [-0.1, -0.05) is 0 Å². The van der Waals surface area contributed by atoms with Crippen LogP contribution >= 0.6 is 0 Å². The first-order valence-corrected chi connectivity index (χ1v) is 8.04. The van der Waals surface area contributed by atoms with E-state index >= 15 is 0 Å². The minimum Gasteiger partial charge on any atom is -0.497 e. The van der Waals surface area contributed by atoms with Crippen LogP contribution in [0, 0.1) is 12.8 Å². The van der Waals surface area contributed by atoms with E-state index in [0.29, 0.717) is 43.1 Å². The van der Waals surface area contributed by atoms with Gasteiger partial charge in [-0.25, -0.2) is 0 Å². The zero-order chi connectivity index (χ0) is 17.3. The number of carbonyl (C=O) groups is 2. The summed E-state index contributed by atoms with van der Waals surface area (Å²) in [6.45, 7) is 2.98. The minimum absolute atomic E-state index is 0.0163. The lowest BCUT2D eigenvalue weighted by Crippen LogP contribution is -2.28. The monoisotopic (exact) mass is 331 g/mol. The maximum absolute atomic E-state index is 13.0. The summed E-state index contributed by atoms with van der Waals surface area (Å²) in [6, 6.07) is 5.41. The van der Waals surface area contributed by atoms with Gasteiger partial charge < -0.3 is 14.6 Å². The summed E-state index contributed by atoms with van der Waals surface area (Å²) in [6.07, 6.45) is 1.27. The second-order valence-corrected chi connectivity index (χ2v) is 6.08. The first kappa shape index (κ1) is 16.5. The smallest absolute Gasteiger partial charge is 0.307 e. The highest BCUT2D eigenvalue weighted by Crippen LogP contribution is 2.31. The zero-order valence-electron chi connectivity index (χ0n) is 13.9.